The topological polar surface area (TPSA) is 37.5 Å². The van der Waals surface area contributed by atoms with E-state index in [0.29, 0.717) is 5.33 Å². The predicted molar refractivity (Wildman–Crippen MR) is 53.9 cm³/mol. The average Bonchev–Trinajstić information content (AvgIpc) is 2.60. The molecule has 2 heterocycles. The van der Waals surface area contributed by atoms with Gasteiger partial charge in [-0.15, -0.1) is 0 Å². The molecule has 0 radical (unpaired) electrons. The molecule has 0 aromatic carbocycles. The number of rotatable bonds is 2. The molecule has 0 amide bonds. The SMILES string of the molecule is OC(CBr)c1cnn2ccccc12. The van der Waals surface area contributed by atoms with E-state index in [2.05, 4.69) is 21.0 Å². The third-order valence-corrected chi connectivity index (χ3v) is 2.57. The molecule has 0 aliphatic carbocycles. The fourth-order valence-corrected chi connectivity index (χ4v) is 1.64. The van der Waals surface area contributed by atoms with E-state index in [1.54, 1.807) is 10.7 Å². The third-order valence-electron chi connectivity index (χ3n) is 1.96. The van der Waals surface area contributed by atoms with Crippen molar-refractivity contribution in [3.63, 3.8) is 0 Å². The van der Waals surface area contributed by atoms with E-state index in [-0.39, 0.29) is 0 Å². The van der Waals surface area contributed by atoms with E-state index in [9.17, 15) is 5.11 Å². The molecule has 13 heavy (non-hydrogen) atoms. The molecule has 0 saturated heterocycles. The molecule has 0 aliphatic heterocycles. The fraction of sp³-hybridized carbons (Fsp3) is 0.222. The van der Waals surface area contributed by atoms with E-state index >= 15 is 0 Å². The van der Waals surface area contributed by atoms with Crippen LogP contribution in [0.4, 0.5) is 0 Å². The first-order valence-electron chi connectivity index (χ1n) is 3.99. The van der Waals surface area contributed by atoms with Crippen LogP contribution in [-0.2, 0) is 0 Å². The lowest BCUT2D eigenvalue weighted by molar-refractivity contribution is 0.207. The van der Waals surface area contributed by atoms with Crippen LogP contribution in [0.5, 0.6) is 0 Å². The predicted octanol–water partition coefficient (Wildman–Crippen LogP) is 1.76. The molecular weight excluding hydrogens is 232 g/mol. The van der Waals surface area contributed by atoms with E-state index in [1.807, 2.05) is 24.4 Å². The van der Waals surface area contributed by atoms with Crippen molar-refractivity contribution in [2.75, 3.05) is 5.33 Å². The molecule has 0 spiro atoms. The highest BCUT2D eigenvalue weighted by Crippen LogP contribution is 2.19. The number of fused-ring (bicyclic) bond motifs is 1. The lowest BCUT2D eigenvalue weighted by atomic mass is 10.2. The minimum absolute atomic E-state index is 0.486. The molecule has 3 nitrogen and oxygen atoms in total. The first-order valence-corrected chi connectivity index (χ1v) is 5.11. The molecule has 0 fully saturated rings. The molecular formula is C9H9BrN2O. The Morgan fingerprint density at radius 2 is 2.38 bits per heavy atom. The van der Waals surface area contributed by atoms with Crippen LogP contribution in [0.3, 0.4) is 0 Å². The molecule has 0 bridgehead atoms. The monoisotopic (exact) mass is 240 g/mol. The van der Waals surface area contributed by atoms with Crippen LogP contribution in [0.2, 0.25) is 0 Å². The minimum Gasteiger partial charge on any atom is -0.387 e. The highest BCUT2D eigenvalue weighted by molar-refractivity contribution is 9.09. The second-order valence-corrected chi connectivity index (χ2v) is 3.45. The summed E-state index contributed by atoms with van der Waals surface area (Å²) < 4.78 is 1.75. The van der Waals surface area contributed by atoms with E-state index in [4.69, 9.17) is 0 Å². The highest BCUT2D eigenvalue weighted by Gasteiger charge is 2.10. The molecule has 2 aromatic rings. The van der Waals surface area contributed by atoms with Crippen molar-refractivity contribution in [2.24, 2.45) is 0 Å². The maximum Gasteiger partial charge on any atom is 0.0923 e. The number of nitrogens with zero attached hydrogens (tertiary/aromatic N) is 2. The molecule has 68 valence electrons. The first-order chi connectivity index (χ1) is 6.33. The van der Waals surface area contributed by atoms with Crippen LogP contribution in [0, 0.1) is 0 Å². The summed E-state index contributed by atoms with van der Waals surface area (Å²) in [6, 6.07) is 5.78. The number of aliphatic hydroxyl groups excluding tert-OH is 1. The Morgan fingerprint density at radius 3 is 3.15 bits per heavy atom. The Morgan fingerprint density at radius 1 is 1.54 bits per heavy atom. The van der Waals surface area contributed by atoms with Gasteiger partial charge in [0.05, 0.1) is 17.8 Å². The highest BCUT2D eigenvalue weighted by atomic mass is 79.9. The average molecular weight is 241 g/mol. The second-order valence-electron chi connectivity index (χ2n) is 2.80. The van der Waals surface area contributed by atoms with Crippen LogP contribution in [0.15, 0.2) is 30.6 Å². The number of alkyl halides is 1. The van der Waals surface area contributed by atoms with Gasteiger partial charge in [0.15, 0.2) is 0 Å². The van der Waals surface area contributed by atoms with Gasteiger partial charge in [-0.3, -0.25) is 0 Å². The summed E-state index contributed by atoms with van der Waals surface area (Å²) in [7, 11) is 0. The minimum atomic E-state index is -0.486. The zero-order valence-corrected chi connectivity index (χ0v) is 8.48. The molecule has 4 heteroatoms. The summed E-state index contributed by atoms with van der Waals surface area (Å²) in [5.41, 5.74) is 1.81. The van der Waals surface area contributed by atoms with Crippen molar-refractivity contribution in [1.29, 1.82) is 0 Å². The summed E-state index contributed by atoms with van der Waals surface area (Å²) in [4.78, 5) is 0. The second kappa shape index (κ2) is 3.47. The maximum absolute atomic E-state index is 9.62. The summed E-state index contributed by atoms with van der Waals surface area (Å²) >= 11 is 3.23. The molecule has 2 rings (SSSR count). The Balaban J connectivity index is 2.57. The first kappa shape index (κ1) is 8.72. The molecule has 2 aromatic heterocycles. The van der Waals surface area contributed by atoms with Gasteiger partial charge >= 0.3 is 0 Å². The van der Waals surface area contributed by atoms with Gasteiger partial charge in [-0.05, 0) is 12.1 Å². The number of hydrogen-bond acceptors (Lipinski definition) is 2. The van der Waals surface area contributed by atoms with Gasteiger partial charge in [-0.25, -0.2) is 4.52 Å². The summed E-state index contributed by atoms with van der Waals surface area (Å²) in [6.45, 7) is 0. The maximum atomic E-state index is 9.62. The summed E-state index contributed by atoms with van der Waals surface area (Å²) in [5.74, 6) is 0. The van der Waals surface area contributed by atoms with E-state index in [1.165, 1.54) is 0 Å². The number of hydrogen-bond donors (Lipinski definition) is 1. The zero-order valence-electron chi connectivity index (χ0n) is 6.89. The van der Waals surface area contributed by atoms with Gasteiger partial charge in [0.1, 0.15) is 0 Å². The van der Waals surface area contributed by atoms with Crippen LogP contribution in [0.1, 0.15) is 11.7 Å². The molecule has 0 saturated carbocycles. The molecule has 1 atom stereocenters. The van der Waals surface area contributed by atoms with E-state index < -0.39 is 6.10 Å². The molecule has 0 aliphatic rings. The largest absolute Gasteiger partial charge is 0.387 e. The zero-order chi connectivity index (χ0) is 9.26. The number of aromatic nitrogens is 2. The normalized spacial score (nSPS) is 13.4. The number of halogens is 1. The smallest absolute Gasteiger partial charge is 0.0923 e. The van der Waals surface area contributed by atoms with Crippen molar-refractivity contribution >= 4 is 21.4 Å². The summed E-state index contributed by atoms with van der Waals surface area (Å²) in [6.07, 6.45) is 3.07. The molecule has 1 unspecified atom stereocenters. The van der Waals surface area contributed by atoms with Crippen molar-refractivity contribution in [2.45, 2.75) is 6.10 Å². The van der Waals surface area contributed by atoms with Crippen molar-refractivity contribution < 1.29 is 5.11 Å². The van der Waals surface area contributed by atoms with Gasteiger partial charge in [0.2, 0.25) is 0 Å². The number of aliphatic hydroxyl groups is 1. The van der Waals surface area contributed by atoms with Gasteiger partial charge in [-0.2, -0.15) is 5.10 Å². The van der Waals surface area contributed by atoms with Crippen LogP contribution >= 0.6 is 15.9 Å². The quantitative estimate of drug-likeness (QED) is 0.813. The van der Waals surface area contributed by atoms with Crippen molar-refractivity contribution in [3.05, 3.63) is 36.2 Å². The number of pyridine rings is 1. The van der Waals surface area contributed by atoms with Crippen LogP contribution in [0.25, 0.3) is 5.52 Å². The van der Waals surface area contributed by atoms with Crippen LogP contribution in [-0.4, -0.2) is 20.1 Å². The summed E-state index contributed by atoms with van der Waals surface area (Å²) in [5, 5.41) is 14.3. The van der Waals surface area contributed by atoms with E-state index in [0.717, 1.165) is 11.1 Å². The lowest BCUT2D eigenvalue weighted by Crippen LogP contribution is -1.97. The third kappa shape index (κ3) is 1.47. The Bertz CT molecular complexity index is 413. The van der Waals surface area contributed by atoms with Gasteiger partial charge in [0, 0.05) is 17.1 Å². The fourth-order valence-electron chi connectivity index (χ4n) is 1.29. The van der Waals surface area contributed by atoms with Crippen molar-refractivity contribution in [1.82, 2.24) is 9.61 Å². The Labute approximate surface area is 84.1 Å². The van der Waals surface area contributed by atoms with Crippen molar-refractivity contribution in [3.8, 4) is 0 Å². The standard InChI is InChI=1S/C9H9BrN2O/c10-5-9(13)7-6-11-12-4-2-1-3-8(7)12/h1-4,6,9,13H,5H2. The molecule has 1 N–H and O–H groups in total. The Hall–Kier alpha value is -0.870. The lowest BCUT2D eigenvalue weighted by Gasteiger charge is -2.03. The van der Waals surface area contributed by atoms with Gasteiger partial charge in [-0.1, -0.05) is 22.0 Å². The van der Waals surface area contributed by atoms with Crippen LogP contribution < -0.4 is 0 Å². The van der Waals surface area contributed by atoms with Gasteiger partial charge in [0.25, 0.3) is 0 Å². The Kier molecular flexibility index (Phi) is 2.33. The van der Waals surface area contributed by atoms with Gasteiger partial charge < -0.3 is 5.11 Å².